The van der Waals surface area contributed by atoms with Gasteiger partial charge in [-0.05, 0) is 30.2 Å². The first kappa shape index (κ1) is 21.4. The highest BCUT2D eigenvalue weighted by Gasteiger charge is 2.56. The Bertz CT molecular complexity index is 1020. The molecule has 0 unspecified atom stereocenters. The highest BCUT2D eigenvalue weighted by Crippen LogP contribution is 2.55. The second-order valence-electron chi connectivity index (χ2n) is 7.52. The van der Waals surface area contributed by atoms with Crippen molar-refractivity contribution in [2.24, 2.45) is 17.1 Å². The van der Waals surface area contributed by atoms with Gasteiger partial charge in [-0.2, -0.15) is 29.0 Å². The molecule has 0 fully saturated rings. The van der Waals surface area contributed by atoms with Crippen molar-refractivity contribution >= 4 is 0 Å². The highest BCUT2D eigenvalue weighted by molar-refractivity contribution is 5.60. The molecule has 30 heavy (non-hydrogen) atoms. The summed E-state index contributed by atoms with van der Waals surface area (Å²) in [6.07, 6.45) is -2.04. The average molecular weight is 411 g/mol. The summed E-state index contributed by atoms with van der Waals surface area (Å²) in [5, 5.41) is 29.7. The SMILES string of the molecule is CCCN1CC=C2C(C#N)=C(N)C(C#N)(C#N)[C@@H](c3ccccc3C(F)(F)F)[C@@H]2C1. The maximum atomic E-state index is 13.8. The van der Waals surface area contributed by atoms with Gasteiger partial charge in [0, 0.05) is 24.9 Å². The lowest BCUT2D eigenvalue weighted by Crippen LogP contribution is -2.48. The van der Waals surface area contributed by atoms with E-state index in [-0.39, 0.29) is 16.8 Å². The molecule has 0 aromatic heterocycles. The third-order valence-electron chi connectivity index (χ3n) is 5.88. The second kappa shape index (κ2) is 7.86. The summed E-state index contributed by atoms with van der Waals surface area (Å²) in [6, 6.07) is 10.7. The van der Waals surface area contributed by atoms with Crippen LogP contribution in [0.15, 0.2) is 47.2 Å². The van der Waals surface area contributed by atoms with Crippen molar-refractivity contribution in [3.63, 3.8) is 0 Å². The summed E-state index contributed by atoms with van der Waals surface area (Å²) < 4.78 is 41.5. The Kier molecular flexibility index (Phi) is 5.61. The molecule has 0 radical (unpaired) electrons. The molecular formula is C22H20F3N5. The number of benzene rings is 1. The molecule has 0 bridgehead atoms. The molecule has 1 aliphatic heterocycles. The van der Waals surface area contributed by atoms with Crippen molar-refractivity contribution in [1.82, 2.24) is 4.90 Å². The standard InChI is InChI=1S/C22H20F3N5/c1-2-8-30-9-7-14-16(10-26)20(29)21(12-27,13-28)19(17(14)11-30)15-5-3-4-6-18(15)22(23,24)25/h3-7,17,19H,2,8-9,11,29H2,1H3/t17-,19+/m1/s1. The number of nitrogens with two attached hydrogens (primary N) is 1. The number of nitriles is 3. The summed E-state index contributed by atoms with van der Waals surface area (Å²) in [6.45, 7) is 3.56. The minimum Gasteiger partial charge on any atom is -0.399 e. The fraction of sp³-hybridized carbons (Fsp3) is 0.409. The van der Waals surface area contributed by atoms with Gasteiger partial charge in [0.15, 0.2) is 5.41 Å². The quantitative estimate of drug-likeness (QED) is 0.814. The lowest BCUT2D eigenvalue weighted by Gasteiger charge is -2.46. The van der Waals surface area contributed by atoms with Crippen LogP contribution < -0.4 is 5.73 Å². The predicted octanol–water partition coefficient (Wildman–Crippen LogP) is 3.84. The van der Waals surface area contributed by atoms with Gasteiger partial charge < -0.3 is 5.73 Å². The molecule has 1 heterocycles. The Morgan fingerprint density at radius 1 is 1.20 bits per heavy atom. The Morgan fingerprint density at radius 3 is 2.43 bits per heavy atom. The molecule has 1 aromatic rings. The lowest BCUT2D eigenvalue weighted by molar-refractivity contribution is -0.138. The van der Waals surface area contributed by atoms with Gasteiger partial charge in [0.25, 0.3) is 0 Å². The van der Waals surface area contributed by atoms with Gasteiger partial charge in [0.1, 0.15) is 6.07 Å². The Morgan fingerprint density at radius 2 is 1.87 bits per heavy atom. The van der Waals surface area contributed by atoms with Crippen molar-refractivity contribution in [2.75, 3.05) is 19.6 Å². The zero-order valence-corrected chi connectivity index (χ0v) is 16.4. The molecule has 1 aliphatic carbocycles. The highest BCUT2D eigenvalue weighted by atomic mass is 19.4. The number of halogens is 3. The van der Waals surface area contributed by atoms with Gasteiger partial charge in [-0.3, -0.25) is 4.90 Å². The van der Waals surface area contributed by atoms with E-state index in [1.807, 2.05) is 30.0 Å². The Hall–Kier alpha value is -3.28. The van der Waals surface area contributed by atoms with Crippen LogP contribution in [-0.4, -0.2) is 24.5 Å². The first-order valence-corrected chi connectivity index (χ1v) is 9.56. The van der Waals surface area contributed by atoms with Gasteiger partial charge in [0.05, 0.1) is 29.0 Å². The molecule has 5 nitrogen and oxygen atoms in total. The summed E-state index contributed by atoms with van der Waals surface area (Å²) in [5.74, 6) is -1.80. The number of hydrogen-bond donors (Lipinski definition) is 1. The van der Waals surface area contributed by atoms with Crippen LogP contribution in [0.5, 0.6) is 0 Å². The normalized spacial score (nSPS) is 23.6. The number of alkyl halides is 3. The van der Waals surface area contributed by atoms with Crippen LogP contribution in [0.25, 0.3) is 0 Å². The van der Waals surface area contributed by atoms with Crippen LogP contribution in [-0.2, 0) is 6.18 Å². The minimum atomic E-state index is -4.66. The van der Waals surface area contributed by atoms with Gasteiger partial charge in [-0.1, -0.05) is 31.2 Å². The van der Waals surface area contributed by atoms with Crippen molar-refractivity contribution in [2.45, 2.75) is 25.4 Å². The van der Waals surface area contributed by atoms with E-state index in [1.165, 1.54) is 18.2 Å². The van der Waals surface area contributed by atoms with E-state index < -0.39 is 29.0 Å². The fourth-order valence-corrected chi connectivity index (χ4v) is 4.61. The molecule has 0 saturated heterocycles. The number of hydrogen-bond acceptors (Lipinski definition) is 5. The minimum absolute atomic E-state index is 0.0278. The maximum Gasteiger partial charge on any atom is 0.416 e. The zero-order valence-electron chi connectivity index (χ0n) is 16.4. The number of fused-ring (bicyclic) bond motifs is 1. The van der Waals surface area contributed by atoms with E-state index in [4.69, 9.17) is 5.73 Å². The third-order valence-corrected chi connectivity index (χ3v) is 5.88. The van der Waals surface area contributed by atoms with Crippen LogP contribution in [0.4, 0.5) is 13.2 Å². The molecule has 2 atom stereocenters. The molecule has 3 rings (SSSR count). The number of nitrogens with zero attached hydrogens (tertiary/aromatic N) is 4. The van der Waals surface area contributed by atoms with E-state index >= 15 is 0 Å². The summed E-state index contributed by atoms with van der Waals surface area (Å²) >= 11 is 0. The van der Waals surface area contributed by atoms with Gasteiger partial charge in [-0.15, -0.1) is 0 Å². The molecule has 0 saturated carbocycles. The van der Waals surface area contributed by atoms with Crippen molar-refractivity contribution in [3.8, 4) is 18.2 Å². The smallest absolute Gasteiger partial charge is 0.399 e. The largest absolute Gasteiger partial charge is 0.416 e. The molecule has 0 amide bonds. The first-order valence-electron chi connectivity index (χ1n) is 9.56. The molecule has 1 aromatic carbocycles. The lowest BCUT2D eigenvalue weighted by atomic mass is 9.57. The van der Waals surface area contributed by atoms with Crippen LogP contribution in [0, 0.1) is 45.3 Å². The summed E-state index contributed by atoms with van der Waals surface area (Å²) in [7, 11) is 0. The summed E-state index contributed by atoms with van der Waals surface area (Å²) in [5.41, 5.74) is 3.30. The van der Waals surface area contributed by atoms with Crippen LogP contribution in [0.3, 0.4) is 0 Å². The average Bonchev–Trinajstić information content (AvgIpc) is 2.73. The molecule has 154 valence electrons. The van der Waals surface area contributed by atoms with Crippen molar-refractivity contribution in [1.29, 1.82) is 15.8 Å². The Labute approximate surface area is 173 Å². The second-order valence-corrected chi connectivity index (χ2v) is 7.52. The van der Waals surface area contributed by atoms with Crippen LogP contribution in [0.1, 0.15) is 30.4 Å². The van der Waals surface area contributed by atoms with Crippen LogP contribution >= 0.6 is 0 Å². The van der Waals surface area contributed by atoms with Crippen molar-refractivity contribution in [3.05, 3.63) is 58.3 Å². The first-order chi connectivity index (χ1) is 14.2. The van der Waals surface area contributed by atoms with E-state index in [0.29, 0.717) is 25.2 Å². The maximum absolute atomic E-state index is 13.8. The molecular weight excluding hydrogens is 391 g/mol. The zero-order chi connectivity index (χ0) is 22.1. The van der Waals surface area contributed by atoms with Crippen molar-refractivity contribution < 1.29 is 13.2 Å². The van der Waals surface area contributed by atoms with E-state index in [2.05, 4.69) is 0 Å². The third kappa shape index (κ3) is 3.22. The molecule has 2 aliphatic rings. The topological polar surface area (TPSA) is 101 Å². The number of rotatable bonds is 3. The number of allylic oxidation sites excluding steroid dienone is 2. The van der Waals surface area contributed by atoms with Gasteiger partial charge in [0.2, 0.25) is 0 Å². The fourth-order valence-electron chi connectivity index (χ4n) is 4.61. The van der Waals surface area contributed by atoms with E-state index in [0.717, 1.165) is 12.5 Å². The van der Waals surface area contributed by atoms with E-state index in [1.54, 1.807) is 6.08 Å². The molecule has 0 spiro atoms. The van der Waals surface area contributed by atoms with Crippen LogP contribution in [0.2, 0.25) is 0 Å². The van der Waals surface area contributed by atoms with Gasteiger partial charge >= 0.3 is 6.18 Å². The molecule has 8 heteroatoms. The summed E-state index contributed by atoms with van der Waals surface area (Å²) in [4.78, 5) is 2.05. The van der Waals surface area contributed by atoms with Gasteiger partial charge in [-0.25, -0.2) is 0 Å². The van der Waals surface area contributed by atoms with E-state index in [9.17, 15) is 29.0 Å². The monoisotopic (exact) mass is 411 g/mol. The predicted molar refractivity (Wildman–Crippen MR) is 103 cm³/mol. The molecule has 2 N–H and O–H groups in total. The Balaban J connectivity index is 2.35.